The molecule has 0 spiro atoms. The van der Waals surface area contributed by atoms with Gasteiger partial charge in [-0.1, -0.05) is 31.7 Å². The van der Waals surface area contributed by atoms with Crippen LogP contribution in [0.15, 0.2) is 40.0 Å². The molecule has 166 valence electrons. The Bertz CT molecular complexity index is 994. The van der Waals surface area contributed by atoms with E-state index >= 15 is 0 Å². The monoisotopic (exact) mass is 444 g/mol. The molecule has 0 radical (unpaired) electrons. The van der Waals surface area contributed by atoms with E-state index in [1.165, 1.54) is 22.9 Å². The molecule has 0 aliphatic rings. The van der Waals surface area contributed by atoms with Crippen LogP contribution in [0.5, 0.6) is 23.0 Å². The number of hydrogen-bond acceptors (Lipinski definition) is 8. The minimum atomic E-state index is 0.377. The van der Waals surface area contributed by atoms with Gasteiger partial charge in [-0.25, -0.2) is 0 Å². The van der Waals surface area contributed by atoms with Crippen molar-refractivity contribution in [3.05, 3.63) is 41.5 Å². The molecule has 0 bridgehead atoms. The third-order valence-electron chi connectivity index (χ3n) is 4.76. The summed E-state index contributed by atoms with van der Waals surface area (Å²) in [6, 6.07) is 9.77. The Morgan fingerprint density at radius 2 is 1.68 bits per heavy atom. The van der Waals surface area contributed by atoms with Crippen molar-refractivity contribution in [2.24, 2.45) is 0 Å². The quantitative estimate of drug-likeness (QED) is 0.305. The van der Waals surface area contributed by atoms with Gasteiger partial charge in [-0.3, -0.25) is 0 Å². The molecular weight excluding hydrogens is 416 g/mol. The zero-order chi connectivity index (χ0) is 22.4. The zero-order valence-corrected chi connectivity index (χ0v) is 19.5. The van der Waals surface area contributed by atoms with Crippen molar-refractivity contribution < 1.29 is 23.4 Å². The summed E-state index contributed by atoms with van der Waals surface area (Å²) in [5.74, 6) is 3.99. The van der Waals surface area contributed by atoms with Crippen molar-refractivity contribution in [1.29, 1.82) is 0 Å². The third-order valence-corrected chi connectivity index (χ3v) is 5.54. The molecular formula is C23H28N2O5S. The Hall–Kier alpha value is -2.87. The first-order chi connectivity index (χ1) is 15.0. The van der Waals surface area contributed by atoms with Crippen LogP contribution in [0.1, 0.15) is 30.9 Å². The number of hydrogen-bond donors (Lipinski definition) is 0. The number of nitrogens with zero attached hydrogens (tertiary/aromatic N) is 2. The number of methoxy groups -OCH3 is 3. The van der Waals surface area contributed by atoms with Crippen LogP contribution in [0.25, 0.3) is 11.5 Å². The predicted octanol–water partition coefficient (Wildman–Crippen LogP) is 5.37. The molecule has 0 saturated carbocycles. The molecule has 0 saturated heterocycles. The summed E-state index contributed by atoms with van der Waals surface area (Å²) < 4.78 is 27.8. The molecule has 0 fully saturated rings. The second kappa shape index (κ2) is 10.4. The van der Waals surface area contributed by atoms with Crippen LogP contribution in [0.4, 0.5) is 0 Å². The Balaban J connectivity index is 1.60. The fraction of sp³-hybridized carbons (Fsp3) is 0.391. The van der Waals surface area contributed by atoms with E-state index in [4.69, 9.17) is 23.4 Å². The molecule has 0 N–H and O–H groups in total. The van der Waals surface area contributed by atoms with E-state index in [1.54, 1.807) is 33.5 Å². The van der Waals surface area contributed by atoms with Crippen LogP contribution in [0.3, 0.4) is 0 Å². The highest BCUT2D eigenvalue weighted by atomic mass is 32.2. The summed E-state index contributed by atoms with van der Waals surface area (Å²) in [7, 11) is 4.69. The second-order valence-electron chi connectivity index (χ2n) is 7.16. The van der Waals surface area contributed by atoms with Crippen molar-refractivity contribution in [2.45, 2.75) is 31.9 Å². The summed E-state index contributed by atoms with van der Waals surface area (Å²) >= 11 is 1.44. The van der Waals surface area contributed by atoms with E-state index in [9.17, 15) is 0 Å². The van der Waals surface area contributed by atoms with E-state index in [2.05, 4.69) is 43.1 Å². The zero-order valence-electron chi connectivity index (χ0n) is 18.7. The summed E-state index contributed by atoms with van der Waals surface area (Å²) in [5.41, 5.74) is 3.27. The molecule has 1 heterocycles. The molecule has 3 aromatic rings. The summed E-state index contributed by atoms with van der Waals surface area (Å²) in [4.78, 5) is 0. The number of ether oxygens (including phenoxy) is 4. The van der Waals surface area contributed by atoms with Crippen molar-refractivity contribution in [3.8, 4) is 34.5 Å². The maximum Gasteiger partial charge on any atom is 0.276 e. The standard InChI is InChI=1S/C23H28N2O5S/c1-14(2)18-8-7-17(11-15(18)3)29-9-10-31-23-25-24-22(30-23)16-12-19(26-4)21(28-6)20(13-16)27-5/h7-8,11-14H,9-10H2,1-6H3. The van der Waals surface area contributed by atoms with Gasteiger partial charge in [-0.2, -0.15) is 0 Å². The van der Waals surface area contributed by atoms with Crippen molar-refractivity contribution in [2.75, 3.05) is 33.7 Å². The molecule has 2 aromatic carbocycles. The molecule has 0 aliphatic heterocycles. The molecule has 0 aliphatic carbocycles. The van der Waals surface area contributed by atoms with Gasteiger partial charge in [0.05, 0.1) is 27.9 Å². The van der Waals surface area contributed by atoms with Gasteiger partial charge < -0.3 is 23.4 Å². The van der Waals surface area contributed by atoms with Gasteiger partial charge in [-0.15, -0.1) is 10.2 Å². The first-order valence-corrected chi connectivity index (χ1v) is 10.9. The molecule has 0 atom stereocenters. The average molecular weight is 445 g/mol. The van der Waals surface area contributed by atoms with Crippen LogP contribution >= 0.6 is 11.8 Å². The SMILES string of the molecule is COc1cc(-c2nnc(SCCOc3ccc(C(C)C)c(C)c3)o2)cc(OC)c1OC. The number of thioether (sulfide) groups is 1. The summed E-state index contributed by atoms with van der Waals surface area (Å²) in [6.07, 6.45) is 0. The van der Waals surface area contributed by atoms with Crippen LogP contribution in [0, 0.1) is 6.92 Å². The minimum absolute atomic E-state index is 0.377. The Kier molecular flexibility index (Phi) is 7.68. The number of aryl methyl sites for hydroxylation is 1. The van der Waals surface area contributed by atoms with E-state index < -0.39 is 0 Å². The van der Waals surface area contributed by atoms with Crippen molar-refractivity contribution in [1.82, 2.24) is 10.2 Å². The van der Waals surface area contributed by atoms with Crippen molar-refractivity contribution >= 4 is 11.8 Å². The van der Waals surface area contributed by atoms with E-state index in [1.807, 2.05) is 6.07 Å². The lowest BCUT2D eigenvalue weighted by atomic mass is 9.98. The first kappa shape index (κ1) is 22.8. The van der Waals surface area contributed by atoms with Gasteiger partial charge in [-0.05, 0) is 48.2 Å². The Labute approximate surface area is 187 Å². The van der Waals surface area contributed by atoms with Crippen molar-refractivity contribution in [3.63, 3.8) is 0 Å². The van der Waals surface area contributed by atoms with Crippen LogP contribution in [-0.4, -0.2) is 43.9 Å². The normalized spacial score (nSPS) is 10.9. The van der Waals surface area contributed by atoms with Gasteiger partial charge in [0.1, 0.15) is 5.75 Å². The number of rotatable bonds is 10. The maximum absolute atomic E-state index is 5.86. The van der Waals surface area contributed by atoms with Gasteiger partial charge in [0, 0.05) is 11.3 Å². The molecule has 8 heteroatoms. The van der Waals surface area contributed by atoms with Crippen LogP contribution in [0.2, 0.25) is 0 Å². The highest BCUT2D eigenvalue weighted by Gasteiger charge is 2.17. The molecule has 0 unspecified atom stereocenters. The van der Waals surface area contributed by atoms with E-state index in [0.29, 0.717) is 52.2 Å². The topological polar surface area (TPSA) is 75.8 Å². The fourth-order valence-electron chi connectivity index (χ4n) is 3.26. The lowest BCUT2D eigenvalue weighted by Gasteiger charge is -2.12. The maximum atomic E-state index is 5.86. The average Bonchev–Trinajstić information content (AvgIpc) is 3.24. The smallest absolute Gasteiger partial charge is 0.276 e. The summed E-state index contributed by atoms with van der Waals surface area (Å²) in [6.45, 7) is 7.03. The number of aromatic nitrogens is 2. The third kappa shape index (κ3) is 5.44. The van der Waals surface area contributed by atoms with Gasteiger partial charge in [0.15, 0.2) is 11.5 Å². The second-order valence-corrected chi connectivity index (χ2v) is 8.20. The van der Waals surface area contributed by atoms with Crippen LogP contribution in [-0.2, 0) is 0 Å². The van der Waals surface area contributed by atoms with E-state index in [0.717, 1.165) is 5.75 Å². The van der Waals surface area contributed by atoms with Gasteiger partial charge in [0.2, 0.25) is 11.6 Å². The van der Waals surface area contributed by atoms with E-state index in [-0.39, 0.29) is 0 Å². The van der Waals surface area contributed by atoms with Gasteiger partial charge in [0.25, 0.3) is 5.22 Å². The molecule has 7 nitrogen and oxygen atoms in total. The first-order valence-electron chi connectivity index (χ1n) is 9.96. The lowest BCUT2D eigenvalue weighted by Crippen LogP contribution is -2.01. The van der Waals surface area contributed by atoms with Gasteiger partial charge >= 0.3 is 0 Å². The molecule has 3 rings (SSSR count). The highest BCUT2D eigenvalue weighted by Crippen LogP contribution is 2.41. The van der Waals surface area contributed by atoms with Crippen LogP contribution < -0.4 is 18.9 Å². The molecule has 1 aromatic heterocycles. The summed E-state index contributed by atoms with van der Waals surface area (Å²) in [5, 5.41) is 8.72. The molecule has 31 heavy (non-hydrogen) atoms. The lowest BCUT2D eigenvalue weighted by molar-refractivity contribution is 0.324. The Morgan fingerprint density at radius 1 is 0.968 bits per heavy atom. The Morgan fingerprint density at radius 3 is 2.26 bits per heavy atom. The number of benzene rings is 2. The molecule has 0 amide bonds. The minimum Gasteiger partial charge on any atom is -0.493 e. The highest BCUT2D eigenvalue weighted by molar-refractivity contribution is 7.99. The predicted molar refractivity (Wildman–Crippen MR) is 121 cm³/mol. The largest absolute Gasteiger partial charge is 0.493 e. The fourth-order valence-corrected chi connectivity index (χ4v) is 3.84.